The van der Waals surface area contributed by atoms with E-state index in [-0.39, 0.29) is 6.03 Å². The summed E-state index contributed by atoms with van der Waals surface area (Å²) < 4.78 is 11.0. The Morgan fingerprint density at radius 1 is 1.15 bits per heavy atom. The zero-order chi connectivity index (χ0) is 18.9. The quantitative estimate of drug-likeness (QED) is 0.663. The molecule has 0 saturated heterocycles. The molecule has 0 radical (unpaired) electrons. The van der Waals surface area contributed by atoms with Crippen molar-refractivity contribution in [3.8, 4) is 5.75 Å². The molecule has 138 valence electrons. The number of hydrogen-bond acceptors (Lipinski definition) is 4. The van der Waals surface area contributed by atoms with Crippen LogP contribution in [0.5, 0.6) is 5.75 Å². The molecule has 0 aromatic heterocycles. The minimum Gasteiger partial charge on any atom is -0.496 e. The van der Waals surface area contributed by atoms with Gasteiger partial charge in [-0.25, -0.2) is 9.59 Å². The number of esters is 1. The van der Waals surface area contributed by atoms with Crippen LogP contribution in [0.3, 0.4) is 0 Å². The highest BCUT2D eigenvalue weighted by Gasteiger charge is 2.08. The molecule has 2 amide bonds. The Balaban J connectivity index is 1.84. The van der Waals surface area contributed by atoms with Crippen molar-refractivity contribution in [1.29, 1.82) is 0 Å². The van der Waals surface area contributed by atoms with E-state index < -0.39 is 5.97 Å². The van der Waals surface area contributed by atoms with Gasteiger partial charge in [0.05, 0.1) is 23.8 Å². The maximum atomic E-state index is 12.0. The van der Waals surface area contributed by atoms with E-state index in [1.807, 2.05) is 18.2 Å². The van der Waals surface area contributed by atoms with Gasteiger partial charge >= 0.3 is 12.0 Å². The number of anilines is 1. The molecule has 0 saturated carbocycles. The Hall–Kier alpha value is -2.54. The first-order valence-corrected chi connectivity index (χ1v) is 8.97. The van der Waals surface area contributed by atoms with Gasteiger partial charge < -0.3 is 20.1 Å². The molecule has 0 atom stereocenters. The van der Waals surface area contributed by atoms with Crippen LogP contribution < -0.4 is 15.4 Å². The van der Waals surface area contributed by atoms with Crippen LogP contribution in [0.2, 0.25) is 0 Å². The predicted octanol–water partition coefficient (Wildman–Crippen LogP) is 4.00. The second-order valence-electron chi connectivity index (χ2n) is 5.40. The lowest BCUT2D eigenvalue weighted by atomic mass is 10.1. The number of halogens is 1. The van der Waals surface area contributed by atoms with Gasteiger partial charge in [0.25, 0.3) is 0 Å². The van der Waals surface area contributed by atoms with Crippen LogP contribution in [0.1, 0.15) is 22.8 Å². The molecule has 7 heteroatoms. The minimum atomic E-state index is -0.415. The highest BCUT2D eigenvalue weighted by Crippen LogP contribution is 2.25. The van der Waals surface area contributed by atoms with Crippen molar-refractivity contribution in [2.75, 3.05) is 25.6 Å². The summed E-state index contributed by atoms with van der Waals surface area (Å²) in [6.45, 7) is 2.52. The second kappa shape index (κ2) is 9.82. The summed E-state index contributed by atoms with van der Waals surface area (Å²) in [4.78, 5) is 23.7. The van der Waals surface area contributed by atoms with E-state index >= 15 is 0 Å². The molecule has 0 spiro atoms. The smallest absolute Gasteiger partial charge is 0.338 e. The second-order valence-corrected chi connectivity index (χ2v) is 6.26. The molecule has 6 nitrogen and oxygen atoms in total. The van der Waals surface area contributed by atoms with Crippen molar-refractivity contribution in [3.63, 3.8) is 0 Å². The van der Waals surface area contributed by atoms with E-state index in [0.717, 1.165) is 15.8 Å². The Bertz CT molecular complexity index is 780. The zero-order valence-corrected chi connectivity index (χ0v) is 16.3. The molecule has 2 aromatic carbocycles. The van der Waals surface area contributed by atoms with Gasteiger partial charge in [0.2, 0.25) is 0 Å². The molecule has 0 aliphatic heterocycles. The minimum absolute atomic E-state index is 0.304. The van der Waals surface area contributed by atoms with Crippen LogP contribution in [0.4, 0.5) is 10.5 Å². The Kier molecular flexibility index (Phi) is 7.47. The topological polar surface area (TPSA) is 76.7 Å². The highest BCUT2D eigenvalue weighted by atomic mass is 79.9. The molecule has 0 unspecified atom stereocenters. The molecule has 2 rings (SSSR count). The maximum Gasteiger partial charge on any atom is 0.338 e. The third-order valence-corrected chi connectivity index (χ3v) is 4.17. The monoisotopic (exact) mass is 420 g/mol. The molecule has 2 N–H and O–H groups in total. The molecule has 26 heavy (non-hydrogen) atoms. The fourth-order valence-corrected chi connectivity index (χ4v) is 2.89. The van der Waals surface area contributed by atoms with Crippen LogP contribution >= 0.6 is 15.9 Å². The van der Waals surface area contributed by atoms with Gasteiger partial charge in [-0.05, 0) is 65.2 Å². The first kappa shape index (κ1) is 19.8. The summed E-state index contributed by atoms with van der Waals surface area (Å²) in [5.41, 5.74) is 2.00. The van der Waals surface area contributed by atoms with Crippen LogP contribution in [0.15, 0.2) is 46.9 Å². The number of amides is 2. The molecule has 0 heterocycles. The first-order chi connectivity index (χ1) is 12.5. The van der Waals surface area contributed by atoms with Crippen molar-refractivity contribution in [3.05, 3.63) is 58.1 Å². The van der Waals surface area contributed by atoms with Crippen molar-refractivity contribution in [2.24, 2.45) is 0 Å². The van der Waals surface area contributed by atoms with Crippen molar-refractivity contribution < 1.29 is 19.1 Å². The summed E-state index contributed by atoms with van der Waals surface area (Å²) in [7, 11) is 1.61. The number of carbonyl (C=O) groups is 2. The lowest BCUT2D eigenvalue weighted by molar-refractivity contribution is 0.0526. The van der Waals surface area contributed by atoms with E-state index in [0.29, 0.717) is 30.8 Å². The number of urea groups is 1. The summed E-state index contributed by atoms with van der Waals surface area (Å²) in [5.74, 6) is 0.350. The maximum absolute atomic E-state index is 12.0. The lowest BCUT2D eigenvalue weighted by Crippen LogP contribution is -2.30. The summed E-state index contributed by atoms with van der Waals surface area (Å²) in [6.07, 6.45) is 0.679. The van der Waals surface area contributed by atoms with Gasteiger partial charge in [0.15, 0.2) is 0 Å². The number of carbonyl (C=O) groups excluding carboxylic acids is 2. The van der Waals surface area contributed by atoms with Crippen molar-refractivity contribution in [2.45, 2.75) is 13.3 Å². The predicted molar refractivity (Wildman–Crippen MR) is 104 cm³/mol. The fraction of sp³-hybridized carbons (Fsp3) is 0.263. The molecule has 0 aliphatic carbocycles. The van der Waals surface area contributed by atoms with Gasteiger partial charge in [0.1, 0.15) is 5.75 Å². The van der Waals surface area contributed by atoms with E-state index in [9.17, 15) is 9.59 Å². The number of ether oxygens (including phenoxy) is 2. The van der Waals surface area contributed by atoms with Crippen LogP contribution in [0.25, 0.3) is 0 Å². The Labute approximate surface area is 161 Å². The molecule has 0 aliphatic rings. The van der Waals surface area contributed by atoms with Crippen LogP contribution in [-0.4, -0.2) is 32.3 Å². The number of rotatable bonds is 7. The Morgan fingerprint density at radius 2 is 1.96 bits per heavy atom. The zero-order valence-electron chi connectivity index (χ0n) is 14.7. The third kappa shape index (κ3) is 5.77. The van der Waals surface area contributed by atoms with E-state index in [4.69, 9.17) is 9.47 Å². The Morgan fingerprint density at radius 3 is 2.65 bits per heavy atom. The number of methoxy groups -OCH3 is 1. The average Bonchev–Trinajstić information content (AvgIpc) is 2.62. The molecular weight excluding hydrogens is 400 g/mol. The lowest BCUT2D eigenvalue weighted by Gasteiger charge is -2.10. The largest absolute Gasteiger partial charge is 0.496 e. The highest BCUT2D eigenvalue weighted by molar-refractivity contribution is 9.10. The number of nitrogens with one attached hydrogen (secondary N) is 2. The average molecular weight is 421 g/mol. The molecule has 0 bridgehead atoms. The van der Waals surface area contributed by atoms with Crippen LogP contribution in [0, 0.1) is 0 Å². The van der Waals surface area contributed by atoms with Crippen LogP contribution in [-0.2, 0) is 11.2 Å². The van der Waals surface area contributed by atoms with Crippen molar-refractivity contribution >= 4 is 33.6 Å². The van der Waals surface area contributed by atoms with Gasteiger partial charge in [0, 0.05) is 12.2 Å². The van der Waals surface area contributed by atoms with Gasteiger partial charge in [-0.2, -0.15) is 0 Å². The third-order valence-electron chi connectivity index (χ3n) is 3.55. The normalized spacial score (nSPS) is 10.1. The molecule has 0 fully saturated rings. The summed E-state index contributed by atoms with van der Waals surface area (Å²) in [5, 5.41) is 5.50. The van der Waals surface area contributed by atoms with Gasteiger partial charge in [-0.1, -0.05) is 12.1 Å². The number of benzene rings is 2. The summed E-state index contributed by atoms with van der Waals surface area (Å²) in [6, 6.07) is 12.1. The van der Waals surface area contributed by atoms with E-state index in [1.165, 1.54) is 0 Å². The van der Waals surface area contributed by atoms with Gasteiger partial charge in [-0.15, -0.1) is 0 Å². The van der Waals surface area contributed by atoms with E-state index in [1.54, 1.807) is 38.3 Å². The standard InChI is InChI=1S/C19H21BrN2O4/c1-3-26-18(23)14-5-4-6-15(12-14)22-19(24)21-10-9-13-7-8-17(25-2)16(20)11-13/h4-8,11-12H,3,9-10H2,1-2H3,(H2,21,22,24). The first-order valence-electron chi connectivity index (χ1n) is 8.18. The summed E-state index contributed by atoms with van der Waals surface area (Å²) >= 11 is 3.44. The van der Waals surface area contributed by atoms with Gasteiger partial charge in [-0.3, -0.25) is 0 Å². The molecule has 2 aromatic rings. The number of hydrogen-bond donors (Lipinski definition) is 2. The SMILES string of the molecule is CCOC(=O)c1cccc(NC(=O)NCCc2ccc(OC)c(Br)c2)c1. The van der Waals surface area contributed by atoms with E-state index in [2.05, 4.69) is 26.6 Å². The molecular formula is C19H21BrN2O4. The van der Waals surface area contributed by atoms with Crippen molar-refractivity contribution in [1.82, 2.24) is 5.32 Å². The fourth-order valence-electron chi connectivity index (χ4n) is 2.30.